The SMILES string of the molecule is CC(C)(C(F)(F)F)C(F)(F)F.CC(C)(C)C.CC(C)(F)F.CC(C)=O.CCC.CCC. The van der Waals surface area contributed by atoms with Crippen LogP contribution in [0, 0.1) is 10.8 Å². The number of halogens is 8. The Balaban J connectivity index is -0.0000000664. The highest BCUT2D eigenvalue weighted by molar-refractivity contribution is 5.72. The lowest BCUT2D eigenvalue weighted by Gasteiger charge is -2.29. The molecule has 0 saturated heterocycles. The zero-order chi connectivity index (χ0) is 27.5. The van der Waals surface area contributed by atoms with E-state index in [1.165, 1.54) is 26.7 Å². The first-order chi connectivity index (χ1) is 13.1. The lowest BCUT2D eigenvalue weighted by molar-refractivity contribution is -0.327. The van der Waals surface area contributed by atoms with E-state index in [2.05, 4.69) is 55.4 Å². The molecule has 0 spiro atoms. The fraction of sp³-hybridized carbons (Fsp3) is 0.955. The summed E-state index contributed by atoms with van der Waals surface area (Å²) in [5.74, 6) is -2.33. The van der Waals surface area contributed by atoms with E-state index in [0.717, 1.165) is 13.8 Å². The molecule has 0 N–H and O–H groups in total. The summed E-state index contributed by atoms with van der Waals surface area (Å²) in [6.07, 6.45) is -7.99. The third-order valence-electron chi connectivity index (χ3n) is 1.42. The van der Waals surface area contributed by atoms with Crippen molar-refractivity contribution in [2.24, 2.45) is 10.8 Å². The van der Waals surface area contributed by atoms with Gasteiger partial charge in [-0.1, -0.05) is 68.2 Å². The summed E-state index contributed by atoms with van der Waals surface area (Å²) >= 11 is 0. The number of alkyl halides is 8. The van der Waals surface area contributed by atoms with Crippen molar-refractivity contribution in [1.29, 1.82) is 0 Å². The number of carbonyl (C=O) groups is 1. The van der Waals surface area contributed by atoms with E-state index in [1.54, 1.807) is 0 Å². The second kappa shape index (κ2) is 19.8. The first-order valence-corrected chi connectivity index (χ1v) is 10.0. The first kappa shape index (κ1) is 43.9. The van der Waals surface area contributed by atoms with Crippen LogP contribution < -0.4 is 0 Å². The van der Waals surface area contributed by atoms with Gasteiger partial charge in [0.2, 0.25) is 5.92 Å². The number of ketones is 1. The summed E-state index contributed by atoms with van der Waals surface area (Å²) in [6, 6.07) is 0. The minimum absolute atomic E-state index is 0.104. The van der Waals surface area contributed by atoms with Crippen LogP contribution in [0.3, 0.4) is 0 Å². The Labute approximate surface area is 185 Å². The summed E-state index contributed by atoms with van der Waals surface area (Å²) in [5.41, 5.74) is -3.12. The summed E-state index contributed by atoms with van der Waals surface area (Å²) in [6.45, 7) is 22.2. The van der Waals surface area contributed by atoms with Crippen molar-refractivity contribution in [3.8, 4) is 0 Å². The van der Waals surface area contributed by atoms with Gasteiger partial charge < -0.3 is 4.79 Å². The van der Waals surface area contributed by atoms with E-state index >= 15 is 0 Å². The van der Waals surface area contributed by atoms with Crippen LogP contribution in [0.5, 0.6) is 0 Å². The second-order valence-electron chi connectivity index (χ2n) is 9.27. The molecule has 1 nitrogen and oxygen atoms in total. The Morgan fingerprint density at radius 1 is 0.548 bits per heavy atom. The molecule has 0 aromatic carbocycles. The van der Waals surface area contributed by atoms with Gasteiger partial charge in [0.15, 0.2) is 5.41 Å². The number of Topliss-reactive ketones (excluding diaryl/α,β-unsaturated/α-hetero) is 1. The topological polar surface area (TPSA) is 17.1 Å². The van der Waals surface area contributed by atoms with Crippen LogP contribution in [0.1, 0.15) is 110 Å². The van der Waals surface area contributed by atoms with Crippen LogP contribution in [-0.2, 0) is 4.79 Å². The van der Waals surface area contributed by atoms with Crippen LogP contribution in [0.25, 0.3) is 0 Å². The summed E-state index contributed by atoms with van der Waals surface area (Å²) in [4.78, 5) is 9.44. The Morgan fingerprint density at radius 3 is 0.613 bits per heavy atom. The van der Waals surface area contributed by atoms with E-state index < -0.39 is 23.7 Å². The highest BCUT2D eigenvalue weighted by atomic mass is 19.4. The van der Waals surface area contributed by atoms with Gasteiger partial charge >= 0.3 is 12.4 Å². The van der Waals surface area contributed by atoms with E-state index in [1.807, 2.05) is 0 Å². The van der Waals surface area contributed by atoms with Crippen molar-refractivity contribution in [3.63, 3.8) is 0 Å². The third kappa shape index (κ3) is 73.1. The van der Waals surface area contributed by atoms with Crippen molar-refractivity contribution in [3.05, 3.63) is 0 Å². The molecule has 0 radical (unpaired) electrons. The van der Waals surface area contributed by atoms with Crippen molar-refractivity contribution in [2.45, 2.75) is 128 Å². The predicted molar refractivity (Wildman–Crippen MR) is 116 cm³/mol. The maximum absolute atomic E-state index is 11.6. The van der Waals surface area contributed by atoms with E-state index in [9.17, 15) is 39.9 Å². The van der Waals surface area contributed by atoms with Gasteiger partial charge in [-0.2, -0.15) is 26.3 Å². The van der Waals surface area contributed by atoms with Crippen molar-refractivity contribution in [2.75, 3.05) is 0 Å². The first-order valence-electron chi connectivity index (χ1n) is 10.0. The maximum atomic E-state index is 11.6. The van der Waals surface area contributed by atoms with Crippen molar-refractivity contribution in [1.82, 2.24) is 0 Å². The Bertz CT molecular complexity index is 338. The van der Waals surface area contributed by atoms with Gasteiger partial charge in [0.25, 0.3) is 0 Å². The summed E-state index contributed by atoms with van der Waals surface area (Å²) < 4.78 is 91.7. The molecule has 0 aliphatic carbocycles. The van der Waals surface area contributed by atoms with E-state index in [0.29, 0.717) is 5.41 Å². The summed E-state index contributed by atoms with van der Waals surface area (Å²) in [7, 11) is 0. The van der Waals surface area contributed by atoms with Gasteiger partial charge in [-0.25, -0.2) is 8.78 Å². The molecule has 0 saturated carbocycles. The minimum atomic E-state index is -5.24. The predicted octanol–water partition coefficient (Wildman–Crippen LogP) is 10.3. The molecule has 0 bridgehead atoms. The van der Waals surface area contributed by atoms with Crippen LogP contribution in [0.4, 0.5) is 35.1 Å². The fourth-order valence-corrected chi connectivity index (χ4v) is 0.161. The van der Waals surface area contributed by atoms with Crippen LogP contribution in [0.15, 0.2) is 0 Å². The molecule has 0 amide bonds. The fourth-order valence-electron chi connectivity index (χ4n) is 0.161. The van der Waals surface area contributed by atoms with Crippen LogP contribution in [0.2, 0.25) is 0 Å². The van der Waals surface area contributed by atoms with Gasteiger partial charge in [0, 0.05) is 0 Å². The Hall–Kier alpha value is -0.890. The van der Waals surface area contributed by atoms with E-state index in [-0.39, 0.29) is 19.6 Å². The lowest BCUT2D eigenvalue weighted by atomic mass is 9.92. The molecule has 0 aliphatic rings. The van der Waals surface area contributed by atoms with Crippen LogP contribution in [-0.4, -0.2) is 24.1 Å². The van der Waals surface area contributed by atoms with Gasteiger partial charge in [0.1, 0.15) is 5.78 Å². The molecule has 0 fully saturated rings. The normalized spacial score (nSPS) is 11.3. The molecule has 196 valence electrons. The lowest BCUT2D eigenvalue weighted by Crippen LogP contribution is -2.44. The van der Waals surface area contributed by atoms with Gasteiger partial charge in [-0.05, 0) is 47.0 Å². The number of hydrogen-bond donors (Lipinski definition) is 0. The average molecular weight is 479 g/mol. The molecule has 31 heavy (non-hydrogen) atoms. The molecule has 0 aromatic heterocycles. The third-order valence-corrected chi connectivity index (χ3v) is 1.42. The number of carbonyl (C=O) groups excluding carboxylic acids is 1. The molecule has 0 aromatic rings. The molecule has 0 unspecified atom stereocenters. The minimum Gasteiger partial charge on any atom is -0.300 e. The standard InChI is InChI=1S/C5H6F6.C5H12.C3H6F2.C3H6O.2C3H8/c1-3(2,4(6,7)8)5(9,10)11;1-5(2,3)4;1-3(2,4)5;1-3(2)4;2*1-3-2/h1-2H3;1-4H3;1-2H3;1-2H3;2*3H2,1-2H3. The summed E-state index contributed by atoms with van der Waals surface area (Å²) in [5, 5.41) is 0. The highest BCUT2D eigenvalue weighted by Gasteiger charge is 2.64. The molecule has 9 heteroatoms. The molecule has 0 heterocycles. The van der Waals surface area contributed by atoms with Gasteiger partial charge in [-0.15, -0.1) is 0 Å². The smallest absolute Gasteiger partial charge is 0.300 e. The zero-order valence-electron chi connectivity index (χ0n) is 21.8. The quantitative estimate of drug-likeness (QED) is 0.317. The monoisotopic (exact) mass is 478 g/mol. The highest BCUT2D eigenvalue weighted by Crippen LogP contribution is 2.49. The Morgan fingerprint density at radius 2 is 0.613 bits per heavy atom. The Kier molecular flexibility index (Phi) is 28.0. The van der Waals surface area contributed by atoms with Crippen molar-refractivity contribution < 1.29 is 39.9 Å². The van der Waals surface area contributed by atoms with Gasteiger partial charge in [0.05, 0.1) is 0 Å². The van der Waals surface area contributed by atoms with Crippen molar-refractivity contribution >= 4 is 5.78 Å². The molecular weight excluding hydrogens is 432 g/mol. The number of rotatable bonds is 0. The van der Waals surface area contributed by atoms with Gasteiger partial charge in [-0.3, -0.25) is 0 Å². The number of hydrogen-bond acceptors (Lipinski definition) is 1. The maximum Gasteiger partial charge on any atom is 0.402 e. The largest absolute Gasteiger partial charge is 0.402 e. The molecular formula is C22H46F8O. The molecule has 0 aliphatic heterocycles. The zero-order valence-corrected chi connectivity index (χ0v) is 21.8. The second-order valence-corrected chi connectivity index (χ2v) is 9.27. The van der Waals surface area contributed by atoms with Crippen LogP contribution >= 0.6 is 0 Å². The molecule has 0 atom stereocenters. The average Bonchev–Trinajstić information content (AvgIpc) is 2.32. The van der Waals surface area contributed by atoms with E-state index in [4.69, 9.17) is 0 Å². The molecule has 0 rings (SSSR count).